The number of aliphatic hydroxyl groups is 1. The first-order valence-corrected chi connectivity index (χ1v) is 8.16. The van der Waals surface area contributed by atoms with Crippen molar-refractivity contribution >= 4 is 17.5 Å². The highest BCUT2D eigenvalue weighted by molar-refractivity contribution is 5.94. The number of amides is 2. The number of hydrogen-bond donors (Lipinski definition) is 2. The second kappa shape index (κ2) is 5.55. The molecule has 0 aliphatic carbocycles. The zero-order valence-corrected chi connectivity index (χ0v) is 13.2. The number of aliphatic hydroxyl groups excluding tert-OH is 1. The highest BCUT2D eigenvalue weighted by atomic mass is 16.3. The van der Waals surface area contributed by atoms with Gasteiger partial charge in [0.1, 0.15) is 12.0 Å². The van der Waals surface area contributed by atoms with Crippen LogP contribution in [-0.2, 0) is 4.79 Å². The molecule has 2 atom stereocenters. The molecule has 2 aliphatic rings. The first-order valence-electron chi connectivity index (χ1n) is 8.16. The largest absolute Gasteiger partial charge is 0.392 e. The molecule has 2 saturated heterocycles. The normalized spacial score (nSPS) is 27.5. The number of aromatic nitrogens is 3. The summed E-state index contributed by atoms with van der Waals surface area (Å²) in [4.78, 5) is 31.1. The molecule has 0 aromatic carbocycles. The standard InChI is InChI=1S/C16H19N5O3/c22-12-5-8-20(9-16(12)6-2-7-17-15(16)24)14(23)11-3-1-4-13-18-10-19-21(11)13/h1,3-4,10,12,22H,2,5-9H2,(H,17,24)/t12-,16+/m0/s1. The molecule has 126 valence electrons. The lowest BCUT2D eigenvalue weighted by molar-refractivity contribution is -0.147. The smallest absolute Gasteiger partial charge is 0.272 e. The van der Waals surface area contributed by atoms with Crippen molar-refractivity contribution in [3.63, 3.8) is 0 Å². The van der Waals surface area contributed by atoms with Crippen LogP contribution >= 0.6 is 0 Å². The van der Waals surface area contributed by atoms with Crippen LogP contribution in [0.25, 0.3) is 5.65 Å². The molecule has 0 saturated carbocycles. The fraction of sp³-hybridized carbons (Fsp3) is 0.500. The minimum Gasteiger partial charge on any atom is -0.392 e. The molecule has 2 aromatic rings. The van der Waals surface area contributed by atoms with Gasteiger partial charge in [-0.15, -0.1) is 0 Å². The third-order valence-corrected chi connectivity index (χ3v) is 5.13. The zero-order valence-electron chi connectivity index (χ0n) is 13.2. The Morgan fingerprint density at radius 2 is 2.29 bits per heavy atom. The summed E-state index contributed by atoms with van der Waals surface area (Å²) in [6.45, 7) is 1.27. The van der Waals surface area contributed by atoms with E-state index in [1.165, 1.54) is 10.8 Å². The highest BCUT2D eigenvalue weighted by Crippen LogP contribution is 2.37. The van der Waals surface area contributed by atoms with E-state index in [-0.39, 0.29) is 18.4 Å². The van der Waals surface area contributed by atoms with Gasteiger partial charge in [0.15, 0.2) is 5.65 Å². The van der Waals surface area contributed by atoms with E-state index in [0.29, 0.717) is 37.3 Å². The number of nitrogens with one attached hydrogen (secondary N) is 1. The fourth-order valence-electron chi connectivity index (χ4n) is 3.79. The first kappa shape index (κ1) is 15.1. The van der Waals surface area contributed by atoms with Crippen LogP contribution in [0.15, 0.2) is 24.5 Å². The van der Waals surface area contributed by atoms with Crippen molar-refractivity contribution in [2.24, 2.45) is 5.41 Å². The summed E-state index contributed by atoms with van der Waals surface area (Å²) < 4.78 is 1.50. The van der Waals surface area contributed by atoms with Gasteiger partial charge in [0.2, 0.25) is 5.91 Å². The van der Waals surface area contributed by atoms with Gasteiger partial charge in [-0.05, 0) is 31.4 Å². The van der Waals surface area contributed by atoms with Crippen molar-refractivity contribution in [1.82, 2.24) is 24.8 Å². The number of likely N-dealkylation sites (tertiary alicyclic amines) is 1. The summed E-state index contributed by atoms with van der Waals surface area (Å²) in [7, 11) is 0. The molecule has 2 aromatic heterocycles. The third kappa shape index (κ3) is 2.17. The van der Waals surface area contributed by atoms with E-state index in [9.17, 15) is 14.7 Å². The van der Waals surface area contributed by atoms with Gasteiger partial charge in [0.05, 0.1) is 11.5 Å². The van der Waals surface area contributed by atoms with Crippen molar-refractivity contribution in [2.45, 2.75) is 25.4 Å². The van der Waals surface area contributed by atoms with E-state index >= 15 is 0 Å². The SMILES string of the molecule is O=C(c1cccc2ncnn12)N1CC[C@H](O)[C@@]2(CCCNC2=O)C1. The van der Waals surface area contributed by atoms with Gasteiger partial charge >= 0.3 is 0 Å². The van der Waals surface area contributed by atoms with Gasteiger partial charge in [-0.2, -0.15) is 5.10 Å². The highest BCUT2D eigenvalue weighted by Gasteiger charge is 2.50. The molecule has 0 unspecified atom stereocenters. The van der Waals surface area contributed by atoms with Gasteiger partial charge in [0.25, 0.3) is 5.91 Å². The minimum absolute atomic E-state index is 0.155. The van der Waals surface area contributed by atoms with Crippen LogP contribution in [0.1, 0.15) is 29.8 Å². The van der Waals surface area contributed by atoms with Crippen molar-refractivity contribution in [1.29, 1.82) is 0 Å². The Morgan fingerprint density at radius 3 is 3.12 bits per heavy atom. The molecular weight excluding hydrogens is 310 g/mol. The molecular formula is C16H19N5O3. The molecule has 24 heavy (non-hydrogen) atoms. The molecule has 2 amide bonds. The Kier molecular flexibility index (Phi) is 3.49. The molecule has 1 spiro atoms. The van der Waals surface area contributed by atoms with Gasteiger partial charge in [-0.25, -0.2) is 9.50 Å². The Balaban J connectivity index is 1.66. The maximum absolute atomic E-state index is 13.0. The van der Waals surface area contributed by atoms with Gasteiger partial charge in [0, 0.05) is 19.6 Å². The Hall–Kier alpha value is -2.48. The molecule has 4 rings (SSSR count). The minimum atomic E-state index is -0.900. The van der Waals surface area contributed by atoms with Crippen molar-refractivity contribution in [3.05, 3.63) is 30.2 Å². The van der Waals surface area contributed by atoms with Crippen LogP contribution in [0, 0.1) is 5.41 Å². The van der Waals surface area contributed by atoms with Crippen molar-refractivity contribution < 1.29 is 14.7 Å². The summed E-state index contributed by atoms with van der Waals surface area (Å²) in [5, 5.41) is 17.4. The second-order valence-electron chi connectivity index (χ2n) is 6.49. The van der Waals surface area contributed by atoms with E-state index in [1.807, 2.05) is 0 Å². The fourth-order valence-corrected chi connectivity index (χ4v) is 3.79. The van der Waals surface area contributed by atoms with E-state index in [4.69, 9.17) is 0 Å². The molecule has 2 N–H and O–H groups in total. The van der Waals surface area contributed by atoms with Crippen LogP contribution in [0.3, 0.4) is 0 Å². The predicted octanol–water partition coefficient (Wildman–Crippen LogP) is -0.167. The van der Waals surface area contributed by atoms with Crippen LogP contribution in [0.4, 0.5) is 0 Å². The average molecular weight is 329 g/mol. The molecule has 8 heteroatoms. The van der Waals surface area contributed by atoms with Crippen molar-refractivity contribution in [2.75, 3.05) is 19.6 Å². The maximum atomic E-state index is 13.0. The molecule has 0 radical (unpaired) electrons. The number of carbonyl (C=O) groups is 2. The Labute approximate surface area is 138 Å². The number of piperidine rings is 2. The van der Waals surface area contributed by atoms with Crippen LogP contribution < -0.4 is 5.32 Å². The summed E-state index contributed by atoms with van der Waals surface area (Å²) in [6, 6.07) is 5.24. The average Bonchev–Trinajstić information content (AvgIpc) is 3.08. The molecule has 2 fully saturated rings. The predicted molar refractivity (Wildman–Crippen MR) is 84.2 cm³/mol. The second-order valence-corrected chi connectivity index (χ2v) is 6.49. The summed E-state index contributed by atoms with van der Waals surface area (Å²) in [5.41, 5.74) is 0.110. The van der Waals surface area contributed by atoms with Crippen LogP contribution in [-0.4, -0.2) is 62.2 Å². The summed E-state index contributed by atoms with van der Waals surface area (Å²) >= 11 is 0. The summed E-state index contributed by atoms with van der Waals surface area (Å²) in [5.74, 6) is -0.353. The van der Waals surface area contributed by atoms with Crippen molar-refractivity contribution in [3.8, 4) is 0 Å². The van der Waals surface area contributed by atoms with E-state index in [2.05, 4.69) is 15.4 Å². The van der Waals surface area contributed by atoms with E-state index in [0.717, 1.165) is 6.42 Å². The molecule has 0 bridgehead atoms. The molecule has 8 nitrogen and oxygen atoms in total. The number of nitrogens with zero attached hydrogens (tertiary/aromatic N) is 4. The van der Waals surface area contributed by atoms with Crippen LogP contribution in [0.2, 0.25) is 0 Å². The van der Waals surface area contributed by atoms with Gasteiger partial charge < -0.3 is 15.3 Å². The number of carbonyl (C=O) groups excluding carboxylic acids is 2. The number of hydrogen-bond acceptors (Lipinski definition) is 5. The maximum Gasteiger partial charge on any atom is 0.272 e. The number of rotatable bonds is 1. The lowest BCUT2D eigenvalue weighted by Gasteiger charge is -2.46. The Bertz CT molecular complexity index is 804. The van der Waals surface area contributed by atoms with E-state index < -0.39 is 11.5 Å². The Morgan fingerprint density at radius 1 is 1.42 bits per heavy atom. The van der Waals surface area contributed by atoms with E-state index in [1.54, 1.807) is 23.1 Å². The van der Waals surface area contributed by atoms with Crippen LogP contribution in [0.5, 0.6) is 0 Å². The molecule has 4 heterocycles. The lowest BCUT2D eigenvalue weighted by atomic mass is 9.71. The van der Waals surface area contributed by atoms with Gasteiger partial charge in [-0.1, -0.05) is 6.07 Å². The topological polar surface area (TPSA) is 99.8 Å². The zero-order chi connectivity index (χ0) is 16.7. The first-order chi connectivity index (χ1) is 11.6. The van der Waals surface area contributed by atoms with Gasteiger partial charge in [-0.3, -0.25) is 9.59 Å². The lowest BCUT2D eigenvalue weighted by Crippen LogP contribution is -2.62. The summed E-state index contributed by atoms with van der Waals surface area (Å²) in [6.07, 6.45) is 2.49. The quantitative estimate of drug-likeness (QED) is 0.757. The monoisotopic (exact) mass is 329 g/mol. The number of pyridine rings is 1. The molecule has 2 aliphatic heterocycles. The third-order valence-electron chi connectivity index (χ3n) is 5.13. The number of fused-ring (bicyclic) bond motifs is 1.